The highest BCUT2D eigenvalue weighted by molar-refractivity contribution is 6.33. The molecule has 0 aliphatic heterocycles. The summed E-state index contributed by atoms with van der Waals surface area (Å²) in [5.41, 5.74) is 0. The van der Waals surface area contributed by atoms with Crippen molar-refractivity contribution >= 4 is 13.2 Å². The molecule has 0 saturated heterocycles. The van der Waals surface area contributed by atoms with E-state index in [2.05, 4.69) is 4.74 Å². The minimum absolute atomic E-state index is 0.101. The van der Waals surface area contributed by atoms with Gasteiger partial charge in [0.1, 0.15) is 7.28 Å². The van der Waals surface area contributed by atoms with Gasteiger partial charge < -0.3 is 4.74 Å². The number of rotatable bonds is 4. The van der Waals surface area contributed by atoms with Gasteiger partial charge in [0.05, 0.1) is 6.61 Å². The van der Waals surface area contributed by atoms with E-state index in [4.69, 9.17) is 0 Å². The summed E-state index contributed by atoms with van der Waals surface area (Å²) < 4.78 is 4.69. The van der Waals surface area contributed by atoms with Crippen molar-refractivity contribution in [3.05, 3.63) is 0 Å². The van der Waals surface area contributed by atoms with Crippen molar-refractivity contribution in [1.82, 2.24) is 0 Å². The van der Waals surface area contributed by atoms with Gasteiger partial charge in [-0.1, -0.05) is 13.1 Å². The standard InChI is InChI=1S/C6H12BO2/c1-3-9-6(8)4-5-7-2/h3-5H2,1-2H3. The van der Waals surface area contributed by atoms with Crippen molar-refractivity contribution < 1.29 is 9.53 Å². The third kappa shape index (κ3) is 5.41. The summed E-state index contributed by atoms with van der Waals surface area (Å²) in [5, 5.41) is 0. The zero-order valence-electron chi connectivity index (χ0n) is 6.02. The molecule has 0 unspecified atom stereocenters. The first-order valence-corrected chi connectivity index (χ1v) is 3.24. The molecule has 0 bridgehead atoms. The van der Waals surface area contributed by atoms with E-state index in [0.717, 1.165) is 6.32 Å². The molecule has 1 radical (unpaired) electrons. The number of carbonyl (C=O) groups excluding carboxylic acids is 1. The largest absolute Gasteiger partial charge is 0.466 e. The van der Waals surface area contributed by atoms with Crippen LogP contribution in [-0.4, -0.2) is 19.9 Å². The Balaban J connectivity index is 3.06. The highest BCUT2D eigenvalue weighted by Crippen LogP contribution is 1.91. The van der Waals surface area contributed by atoms with Gasteiger partial charge in [0, 0.05) is 6.42 Å². The molecular weight excluding hydrogens is 115 g/mol. The van der Waals surface area contributed by atoms with Crippen LogP contribution in [-0.2, 0) is 9.53 Å². The van der Waals surface area contributed by atoms with Crippen molar-refractivity contribution in [2.75, 3.05) is 6.61 Å². The molecular formula is C6H12BO2. The van der Waals surface area contributed by atoms with E-state index in [1.54, 1.807) is 0 Å². The van der Waals surface area contributed by atoms with E-state index in [1.807, 2.05) is 21.0 Å². The number of hydrogen-bond donors (Lipinski definition) is 0. The smallest absolute Gasteiger partial charge is 0.305 e. The minimum Gasteiger partial charge on any atom is -0.466 e. The summed E-state index contributed by atoms with van der Waals surface area (Å²) in [6, 6.07) is 0. The Labute approximate surface area is 56.8 Å². The van der Waals surface area contributed by atoms with Gasteiger partial charge in [0.25, 0.3) is 0 Å². The molecule has 0 spiro atoms. The molecule has 0 atom stereocenters. The van der Waals surface area contributed by atoms with Gasteiger partial charge in [-0.05, 0) is 6.92 Å². The second kappa shape index (κ2) is 5.67. The molecule has 0 aliphatic rings. The Morgan fingerprint density at radius 3 is 2.78 bits per heavy atom. The van der Waals surface area contributed by atoms with E-state index < -0.39 is 0 Å². The van der Waals surface area contributed by atoms with Gasteiger partial charge in [-0.3, -0.25) is 4.79 Å². The maximum absolute atomic E-state index is 10.6. The van der Waals surface area contributed by atoms with Crippen molar-refractivity contribution in [3.8, 4) is 0 Å². The molecule has 0 aliphatic carbocycles. The van der Waals surface area contributed by atoms with Gasteiger partial charge in [-0.2, -0.15) is 0 Å². The summed E-state index contributed by atoms with van der Waals surface area (Å²) >= 11 is 0. The molecule has 0 fully saturated rings. The van der Waals surface area contributed by atoms with Crippen LogP contribution in [0.25, 0.3) is 0 Å². The van der Waals surface area contributed by atoms with Gasteiger partial charge in [0.15, 0.2) is 0 Å². The lowest BCUT2D eigenvalue weighted by Gasteiger charge is -1.97. The fourth-order valence-electron chi connectivity index (χ4n) is 0.495. The van der Waals surface area contributed by atoms with Crippen molar-refractivity contribution in [2.45, 2.75) is 26.5 Å². The van der Waals surface area contributed by atoms with Crippen LogP contribution in [0, 0.1) is 0 Å². The first-order valence-electron chi connectivity index (χ1n) is 3.24. The third-order valence-corrected chi connectivity index (χ3v) is 0.942. The summed E-state index contributed by atoms with van der Waals surface area (Å²) in [6.45, 7) is 4.23. The van der Waals surface area contributed by atoms with E-state index in [9.17, 15) is 4.79 Å². The minimum atomic E-state index is -0.101. The van der Waals surface area contributed by atoms with Crippen LogP contribution in [0.2, 0.25) is 13.1 Å². The Kier molecular flexibility index (Phi) is 5.37. The Morgan fingerprint density at radius 1 is 1.67 bits per heavy atom. The molecule has 0 heterocycles. The average molecular weight is 127 g/mol. The highest BCUT2D eigenvalue weighted by atomic mass is 16.5. The fourth-order valence-corrected chi connectivity index (χ4v) is 0.495. The number of ether oxygens (including phenoxy) is 1. The van der Waals surface area contributed by atoms with Gasteiger partial charge in [-0.25, -0.2) is 0 Å². The van der Waals surface area contributed by atoms with Crippen molar-refractivity contribution in [3.63, 3.8) is 0 Å². The molecule has 0 N–H and O–H groups in total. The van der Waals surface area contributed by atoms with E-state index >= 15 is 0 Å². The number of hydrogen-bond acceptors (Lipinski definition) is 2. The molecule has 2 nitrogen and oxygen atoms in total. The molecule has 0 saturated carbocycles. The lowest BCUT2D eigenvalue weighted by Crippen LogP contribution is -2.03. The van der Waals surface area contributed by atoms with E-state index in [1.165, 1.54) is 0 Å². The summed E-state index contributed by atoms with van der Waals surface area (Å²) in [7, 11) is 1.96. The van der Waals surface area contributed by atoms with Crippen LogP contribution < -0.4 is 0 Å². The van der Waals surface area contributed by atoms with Crippen LogP contribution in [0.3, 0.4) is 0 Å². The van der Waals surface area contributed by atoms with Crippen LogP contribution in [0.4, 0.5) is 0 Å². The molecule has 0 rings (SSSR count). The summed E-state index contributed by atoms with van der Waals surface area (Å²) in [4.78, 5) is 10.6. The molecule has 3 heteroatoms. The first-order chi connectivity index (χ1) is 4.31. The first kappa shape index (κ1) is 8.53. The Bertz CT molecular complexity index is 83.1. The molecule has 0 aromatic heterocycles. The van der Waals surface area contributed by atoms with Crippen molar-refractivity contribution in [2.24, 2.45) is 0 Å². The molecule has 9 heavy (non-hydrogen) atoms. The number of carbonyl (C=O) groups is 1. The average Bonchev–Trinajstić information content (AvgIpc) is 1.85. The van der Waals surface area contributed by atoms with Crippen LogP contribution in [0.15, 0.2) is 0 Å². The molecule has 51 valence electrons. The predicted octanol–water partition coefficient (Wildman–Crippen LogP) is 1.11. The van der Waals surface area contributed by atoms with Gasteiger partial charge in [-0.15, -0.1) is 0 Å². The normalized spacial score (nSPS) is 8.67. The lowest BCUT2D eigenvalue weighted by molar-refractivity contribution is -0.142. The van der Waals surface area contributed by atoms with Crippen LogP contribution in [0.5, 0.6) is 0 Å². The third-order valence-electron chi connectivity index (χ3n) is 0.942. The zero-order chi connectivity index (χ0) is 7.11. The molecule has 0 aromatic carbocycles. The van der Waals surface area contributed by atoms with Crippen molar-refractivity contribution in [1.29, 1.82) is 0 Å². The second-order valence-electron chi connectivity index (χ2n) is 1.75. The van der Waals surface area contributed by atoms with Crippen LogP contribution >= 0.6 is 0 Å². The summed E-state index contributed by atoms with van der Waals surface area (Å²) in [5.74, 6) is -0.101. The topological polar surface area (TPSA) is 26.3 Å². The Hall–Kier alpha value is -0.465. The maximum atomic E-state index is 10.6. The van der Waals surface area contributed by atoms with E-state index in [-0.39, 0.29) is 5.97 Å². The van der Waals surface area contributed by atoms with Gasteiger partial charge in [0.2, 0.25) is 0 Å². The molecule has 0 aromatic rings. The second-order valence-corrected chi connectivity index (χ2v) is 1.75. The fraction of sp³-hybridized carbons (Fsp3) is 0.833. The summed E-state index contributed by atoms with van der Waals surface area (Å²) in [6.07, 6.45) is 1.34. The predicted molar refractivity (Wildman–Crippen MR) is 37.7 cm³/mol. The quantitative estimate of drug-likeness (QED) is 0.417. The van der Waals surface area contributed by atoms with Gasteiger partial charge >= 0.3 is 5.97 Å². The van der Waals surface area contributed by atoms with Crippen LogP contribution in [0.1, 0.15) is 13.3 Å². The zero-order valence-corrected chi connectivity index (χ0v) is 6.02. The monoisotopic (exact) mass is 127 g/mol. The maximum Gasteiger partial charge on any atom is 0.305 e. The van der Waals surface area contributed by atoms with E-state index in [0.29, 0.717) is 13.0 Å². The highest BCUT2D eigenvalue weighted by Gasteiger charge is 1.97. The number of esters is 1. The SMILES string of the molecule is C[B]CCC(=O)OCC. The molecule has 0 amide bonds. The lowest BCUT2D eigenvalue weighted by atomic mass is 9.77. The Morgan fingerprint density at radius 2 is 2.33 bits per heavy atom.